The molecule has 0 atom stereocenters. The second-order valence-corrected chi connectivity index (χ2v) is 4.86. The van der Waals surface area contributed by atoms with E-state index < -0.39 is 0 Å². The van der Waals surface area contributed by atoms with Crippen LogP contribution >= 0.6 is 0 Å². The molecule has 0 saturated carbocycles. The predicted molar refractivity (Wildman–Crippen MR) is 83.3 cm³/mol. The molecule has 0 aliphatic carbocycles. The first-order valence-corrected chi connectivity index (χ1v) is 7.13. The molecule has 4 heteroatoms. The zero-order valence-corrected chi connectivity index (χ0v) is 12.6. The van der Waals surface area contributed by atoms with Crippen LogP contribution < -0.4 is 0 Å². The van der Waals surface area contributed by atoms with E-state index in [4.69, 9.17) is 0 Å². The van der Waals surface area contributed by atoms with E-state index in [1.165, 1.54) is 0 Å². The molecule has 1 aromatic heterocycles. The molecule has 21 heavy (non-hydrogen) atoms. The second kappa shape index (κ2) is 6.39. The van der Waals surface area contributed by atoms with Crippen LogP contribution in [0.5, 0.6) is 5.75 Å². The summed E-state index contributed by atoms with van der Waals surface area (Å²) in [6.07, 6.45) is 0. The summed E-state index contributed by atoms with van der Waals surface area (Å²) in [4.78, 5) is 18.5. The minimum absolute atomic E-state index is 0.0253. The van der Waals surface area contributed by atoms with E-state index in [-0.39, 0.29) is 11.7 Å². The largest absolute Gasteiger partial charge is 0.506 e. The summed E-state index contributed by atoms with van der Waals surface area (Å²) in [6.45, 7) is 7.07. The lowest BCUT2D eigenvalue weighted by Gasteiger charge is -2.18. The van der Waals surface area contributed by atoms with Gasteiger partial charge >= 0.3 is 0 Å². The van der Waals surface area contributed by atoms with E-state index in [9.17, 15) is 9.90 Å². The quantitative estimate of drug-likeness (QED) is 0.937. The maximum absolute atomic E-state index is 12.4. The number of amides is 1. The van der Waals surface area contributed by atoms with Crippen molar-refractivity contribution in [2.75, 3.05) is 13.1 Å². The lowest BCUT2D eigenvalue weighted by Crippen LogP contribution is -2.30. The van der Waals surface area contributed by atoms with Crippen LogP contribution in [0, 0.1) is 6.92 Å². The first kappa shape index (κ1) is 15.0. The van der Waals surface area contributed by atoms with Crippen molar-refractivity contribution in [1.29, 1.82) is 0 Å². The van der Waals surface area contributed by atoms with Crippen LogP contribution in [-0.4, -0.2) is 34.0 Å². The number of aryl methyl sites for hydroxylation is 1. The molecular weight excluding hydrogens is 264 g/mol. The molecule has 1 N–H and O–H groups in total. The first-order chi connectivity index (χ1) is 10.1. The zero-order valence-electron chi connectivity index (χ0n) is 12.6. The van der Waals surface area contributed by atoms with Crippen molar-refractivity contribution in [2.24, 2.45) is 0 Å². The van der Waals surface area contributed by atoms with Gasteiger partial charge in [0, 0.05) is 24.2 Å². The highest BCUT2D eigenvalue weighted by Gasteiger charge is 2.13. The molecule has 0 unspecified atom stereocenters. The van der Waals surface area contributed by atoms with Crippen molar-refractivity contribution in [3.8, 4) is 17.0 Å². The molecule has 2 aromatic rings. The Kier molecular flexibility index (Phi) is 4.58. The zero-order chi connectivity index (χ0) is 15.4. The van der Waals surface area contributed by atoms with Crippen molar-refractivity contribution >= 4 is 5.91 Å². The van der Waals surface area contributed by atoms with Crippen LogP contribution in [0.4, 0.5) is 0 Å². The van der Waals surface area contributed by atoms with Crippen molar-refractivity contribution in [1.82, 2.24) is 9.88 Å². The molecule has 0 aliphatic heterocycles. The number of benzene rings is 1. The fourth-order valence-corrected chi connectivity index (χ4v) is 2.22. The number of carbonyl (C=O) groups is 1. The van der Waals surface area contributed by atoms with Crippen LogP contribution in [0.2, 0.25) is 0 Å². The average molecular weight is 284 g/mol. The lowest BCUT2D eigenvalue weighted by atomic mass is 10.1. The van der Waals surface area contributed by atoms with Crippen LogP contribution in [0.3, 0.4) is 0 Å². The number of pyridine rings is 1. The number of nitrogens with zero attached hydrogens (tertiary/aromatic N) is 2. The van der Waals surface area contributed by atoms with Gasteiger partial charge in [0.05, 0.1) is 11.4 Å². The minimum Gasteiger partial charge on any atom is -0.506 e. The van der Waals surface area contributed by atoms with Gasteiger partial charge in [-0.15, -0.1) is 0 Å². The highest BCUT2D eigenvalue weighted by Crippen LogP contribution is 2.23. The van der Waals surface area contributed by atoms with Crippen molar-refractivity contribution < 1.29 is 9.90 Å². The van der Waals surface area contributed by atoms with Gasteiger partial charge in [-0.3, -0.25) is 4.79 Å². The van der Waals surface area contributed by atoms with E-state index in [0.717, 1.165) is 11.3 Å². The maximum Gasteiger partial charge on any atom is 0.253 e. The third-order valence-corrected chi connectivity index (χ3v) is 3.51. The van der Waals surface area contributed by atoms with Crippen LogP contribution in [0.15, 0.2) is 36.4 Å². The third-order valence-electron chi connectivity index (χ3n) is 3.51. The molecule has 0 bridgehead atoms. The van der Waals surface area contributed by atoms with E-state index in [1.54, 1.807) is 24.0 Å². The lowest BCUT2D eigenvalue weighted by molar-refractivity contribution is 0.0773. The molecule has 0 saturated heterocycles. The molecule has 2 rings (SSSR count). The Bertz CT molecular complexity index is 649. The Morgan fingerprint density at radius 3 is 2.52 bits per heavy atom. The van der Waals surface area contributed by atoms with Gasteiger partial charge in [-0.05, 0) is 45.0 Å². The van der Waals surface area contributed by atoms with Crippen LogP contribution in [0.25, 0.3) is 11.3 Å². The summed E-state index contributed by atoms with van der Waals surface area (Å²) in [5, 5.41) is 9.55. The number of carbonyl (C=O) groups excluding carboxylic acids is 1. The monoisotopic (exact) mass is 284 g/mol. The van der Waals surface area contributed by atoms with E-state index >= 15 is 0 Å². The van der Waals surface area contributed by atoms with Crippen molar-refractivity contribution in [3.05, 3.63) is 47.7 Å². The Hall–Kier alpha value is -2.36. The summed E-state index contributed by atoms with van der Waals surface area (Å²) < 4.78 is 0. The molecule has 1 amide bonds. The molecule has 1 heterocycles. The van der Waals surface area contributed by atoms with Gasteiger partial charge in [0.2, 0.25) is 0 Å². The molecule has 0 fully saturated rings. The Morgan fingerprint density at radius 2 is 1.90 bits per heavy atom. The Labute approximate surface area is 125 Å². The molecule has 0 radical (unpaired) electrons. The number of hydrogen-bond donors (Lipinski definition) is 1. The van der Waals surface area contributed by atoms with Gasteiger partial charge in [0.1, 0.15) is 5.75 Å². The van der Waals surface area contributed by atoms with Gasteiger partial charge < -0.3 is 10.0 Å². The summed E-state index contributed by atoms with van der Waals surface area (Å²) in [5.74, 6) is 0.200. The van der Waals surface area contributed by atoms with Crippen molar-refractivity contribution in [3.63, 3.8) is 0 Å². The average Bonchev–Trinajstić information content (AvgIpc) is 2.51. The Balaban J connectivity index is 2.37. The van der Waals surface area contributed by atoms with E-state index in [2.05, 4.69) is 4.98 Å². The summed E-state index contributed by atoms with van der Waals surface area (Å²) in [7, 11) is 0. The van der Waals surface area contributed by atoms with E-state index in [1.807, 2.05) is 38.1 Å². The van der Waals surface area contributed by atoms with Gasteiger partial charge in [0.15, 0.2) is 0 Å². The van der Waals surface area contributed by atoms with Gasteiger partial charge in [-0.1, -0.05) is 12.1 Å². The molecule has 0 spiro atoms. The van der Waals surface area contributed by atoms with Crippen LogP contribution in [-0.2, 0) is 0 Å². The maximum atomic E-state index is 12.4. The smallest absolute Gasteiger partial charge is 0.253 e. The molecule has 0 aliphatic rings. The number of hydrogen-bond acceptors (Lipinski definition) is 3. The van der Waals surface area contributed by atoms with Crippen molar-refractivity contribution in [2.45, 2.75) is 20.8 Å². The fourth-order valence-electron chi connectivity index (χ4n) is 2.22. The van der Waals surface area contributed by atoms with Crippen LogP contribution in [0.1, 0.15) is 29.9 Å². The minimum atomic E-state index is 0.0253. The predicted octanol–water partition coefficient (Wildman–Crippen LogP) is 3.24. The number of rotatable bonds is 4. The molecular formula is C17H20N2O2. The summed E-state index contributed by atoms with van der Waals surface area (Å²) >= 11 is 0. The normalized spacial score (nSPS) is 10.4. The molecule has 1 aromatic carbocycles. The number of aromatic nitrogens is 1. The highest BCUT2D eigenvalue weighted by molar-refractivity contribution is 5.95. The van der Waals surface area contributed by atoms with Gasteiger partial charge in [-0.25, -0.2) is 4.98 Å². The fraction of sp³-hybridized carbons (Fsp3) is 0.294. The SMILES string of the molecule is CCN(CC)C(=O)c1cccc(-c2ccc(O)c(C)n2)c1. The highest BCUT2D eigenvalue weighted by atomic mass is 16.3. The number of aromatic hydroxyl groups is 1. The first-order valence-electron chi connectivity index (χ1n) is 7.13. The second-order valence-electron chi connectivity index (χ2n) is 4.86. The summed E-state index contributed by atoms with van der Waals surface area (Å²) in [5.41, 5.74) is 2.85. The standard InChI is InChI=1S/C17H20N2O2/c1-4-19(5-2)17(21)14-8-6-7-13(11-14)15-9-10-16(20)12(3)18-15/h6-11,20H,4-5H2,1-3H3. The third kappa shape index (κ3) is 3.21. The van der Waals surface area contributed by atoms with E-state index in [0.29, 0.717) is 24.3 Å². The topological polar surface area (TPSA) is 53.4 Å². The molecule has 4 nitrogen and oxygen atoms in total. The Morgan fingerprint density at radius 1 is 1.19 bits per heavy atom. The van der Waals surface area contributed by atoms with Gasteiger partial charge in [-0.2, -0.15) is 0 Å². The molecule has 110 valence electrons. The summed E-state index contributed by atoms with van der Waals surface area (Å²) in [6, 6.07) is 10.8. The van der Waals surface area contributed by atoms with Gasteiger partial charge in [0.25, 0.3) is 5.91 Å².